The van der Waals surface area contributed by atoms with Gasteiger partial charge in [-0.2, -0.15) is 0 Å². The zero-order chi connectivity index (χ0) is 11.4. The molecule has 5 heteroatoms. The fraction of sp³-hybridized carbons (Fsp3) is 0.455. The Morgan fingerprint density at radius 3 is 2.75 bits per heavy atom. The summed E-state index contributed by atoms with van der Waals surface area (Å²) in [6.45, 7) is 0.694. The molecule has 0 amide bonds. The van der Waals surface area contributed by atoms with Crippen LogP contribution in [0.3, 0.4) is 0 Å². The van der Waals surface area contributed by atoms with E-state index in [1.807, 2.05) is 24.3 Å². The predicted octanol–water partition coefficient (Wildman–Crippen LogP) is 2.32. The number of methoxy groups -OCH3 is 1. The molecule has 1 saturated heterocycles. The van der Waals surface area contributed by atoms with Gasteiger partial charge in [0.2, 0.25) is 0 Å². The standard InChI is InChI=1S/C11H13N3O2/c1-15-9-4-2-8(3-5-9)6-10(13-14-12)11-7-16-11/h2-5,10-11H,6-7H2,1H3/t10-,11?/m0/s1. The number of azide groups is 1. The molecular weight excluding hydrogens is 206 g/mol. The van der Waals surface area contributed by atoms with Gasteiger partial charge in [0.05, 0.1) is 25.9 Å². The van der Waals surface area contributed by atoms with Crippen LogP contribution in [0, 0.1) is 0 Å². The lowest BCUT2D eigenvalue weighted by molar-refractivity contribution is 0.371. The lowest BCUT2D eigenvalue weighted by Gasteiger charge is -2.08. The molecule has 1 aliphatic rings. The molecule has 2 atom stereocenters. The fourth-order valence-electron chi connectivity index (χ4n) is 1.59. The van der Waals surface area contributed by atoms with Crippen molar-refractivity contribution >= 4 is 0 Å². The Kier molecular flexibility index (Phi) is 3.29. The van der Waals surface area contributed by atoms with Crippen LogP contribution in [0.25, 0.3) is 10.4 Å². The largest absolute Gasteiger partial charge is 0.497 e. The summed E-state index contributed by atoms with van der Waals surface area (Å²) in [7, 11) is 1.63. The van der Waals surface area contributed by atoms with Crippen molar-refractivity contribution in [1.82, 2.24) is 0 Å². The Hall–Kier alpha value is -1.71. The maximum atomic E-state index is 8.46. The Labute approximate surface area is 93.6 Å². The zero-order valence-electron chi connectivity index (χ0n) is 9.04. The van der Waals surface area contributed by atoms with Gasteiger partial charge < -0.3 is 9.47 Å². The maximum Gasteiger partial charge on any atom is 0.118 e. The van der Waals surface area contributed by atoms with Crippen molar-refractivity contribution in [3.8, 4) is 5.75 Å². The zero-order valence-corrected chi connectivity index (χ0v) is 9.04. The molecule has 1 unspecified atom stereocenters. The van der Waals surface area contributed by atoms with Crippen LogP contribution in [0.15, 0.2) is 29.4 Å². The number of hydrogen-bond acceptors (Lipinski definition) is 3. The molecular formula is C11H13N3O2. The molecule has 1 heterocycles. The van der Waals surface area contributed by atoms with Crippen LogP contribution in [0.1, 0.15) is 5.56 Å². The van der Waals surface area contributed by atoms with E-state index in [0.29, 0.717) is 13.0 Å². The van der Waals surface area contributed by atoms with Crippen molar-refractivity contribution in [2.45, 2.75) is 18.6 Å². The minimum atomic E-state index is -0.0987. The molecule has 0 saturated carbocycles. The summed E-state index contributed by atoms with van der Waals surface area (Å²) in [5.74, 6) is 0.826. The van der Waals surface area contributed by atoms with Crippen molar-refractivity contribution in [2.24, 2.45) is 5.11 Å². The minimum Gasteiger partial charge on any atom is -0.497 e. The van der Waals surface area contributed by atoms with Crippen LogP contribution >= 0.6 is 0 Å². The van der Waals surface area contributed by atoms with Gasteiger partial charge in [-0.25, -0.2) is 0 Å². The fourth-order valence-corrected chi connectivity index (χ4v) is 1.59. The van der Waals surface area contributed by atoms with E-state index in [9.17, 15) is 0 Å². The van der Waals surface area contributed by atoms with E-state index < -0.39 is 0 Å². The van der Waals surface area contributed by atoms with Gasteiger partial charge in [-0.15, -0.1) is 0 Å². The first-order chi connectivity index (χ1) is 7.83. The van der Waals surface area contributed by atoms with Crippen molar-refractivity contribution in [2.75, 3.05) is 13.7 Å². The Bertz CT molecular complexity index is 394. The third kappa shape index (κ3) is 2.66. The van der Waals surface area contributed by atoms with Crippen LogP contribution in [-0.4, -0.2) is 25.9 Å². The Morgan fingerprint density at radius 2 is 2.25 bits per heavy atom. The molecule has 0 spiro atoms. The average Bonchev–Trinajstić information content (AvgIpc) is 3.13. The minimum absolute atomic E-state index is 0.0954. The van der Waals surface area contributed by atoms with Crippen molar-refractivity contribution in [3.05, 3.63) is 40.3 Å². The van der Waals surface area contributed by atoms with E-state index in [2.05, 4.69) is 10.0 Å². The SMILES string of the molecule is COc1ccc(C[C@H](N=[N+]=[N-])C2CO2)cc1. The normalized spacial score (nSPS) is 19.7. The van der Waals surface area contributed by atoms with E-state index in [-0.39, 0.29) is 12.1 Å². The molecule has 0 aromatic heterocycles. The highest BCUT2D eigenvalue weighted by Gasteiger charge is 2.31. The van der Waals surface area contributed by atoms with Crippen molar-refractivity contribution in [3.63, 3.8) is 0 Å². The van der Waals surface area contributed by atoms with Gasteiger partial charge >= 0.3 is 0 Å². The second-order valence-electron chi connectivity index (χ2n) is 3.70. The third-order valence-corrected chi connectivity index (χ3v) is 2.59. The Balaban J connectivity index is 2.03. The number of hydrogen-bond donors (Lipinski definition) is 0. The van der Waals surface area contributed by atoms with Crippen LogP contribution in [0.5, 0.6) is 5.75 Å². The third-order valence-electron chi connectivity index (χ3n) is 2.59. The molecule has 84 valence electrons. The molecule has 1 fully saturated rings. The first-order valence-corrected chi connectivity index (χ1v) is 5.12. The predicted molar refractivity (Wildman–Crippen MR) is 59.4 cm³/mol. The lowest BCUT2D eigenvalue weighted by Crippen LogP contribution is -2.15. The Morgan fingerprint density at radius 1 is 1.56 bits per heavy atom. The smallest absolute Gasteiger partial charge is 0.118 e. The van der Waals surface area contributed by atoms with Gasteiger partial charge in [0.15, 0.2) is 0 Å². The number of benzene rings is 1. The summed E-state index contributed by atoms with van der Waals surface area (Å²) < 4.78 is 10.2. The first-order valence-electron chi connectivity index (χ1n) is 5.12. The second kappa shape index (κ2) is 4.88. The topological polar surface area (TPSA) is 70.5 Å². The number of ether oxygens (including phenoxy) is 2. The van der Waals surface area contributed by atoms with Gasteiger partial charge in [-0.1, -0.05) is 17.2 Å². The number of epoxide rings is 1. The van der Waals surface area contributed by atoms with E-state index >= 15 is 0 Å². The highest BCUT2D eigenvalue weighted by Crippen LogP contribution is 2.22. The summed E-state index contributed by atoms with van der Waals surface area (Å²) in [6, 6.07) is 7.65. The van der Waals surface area contributed by atoms with E-state index in [1.54, 1.807) is 7.11 Å². The lowest BCUT2D eigenvalue weighted by atomic mass is 10.0. The summed E-state index contributed by atoms with van der Waals surface area (Å²) in [4.78, 5) is 2.85. The van der Waals surface area contributed by atoms with Crippen LogP contribution in [0.4, 0.5) is 0 Å². The quantitative estimate of drug-likeness (QED) is 0.330. The van der Waals surface area contributed by atoms with Gasteiger partial charge in [-0.05, 0) is 29.6 Å². The molecule has 2 rings (SSSR count). The van der Waals surface area contributed by atoms with Crippen LogP contribution in [-0.2, 0) is 11.2 Å². The monoisotopic (exact) mass is 219 g/mol. The van der Waals surface area contributed by atoms with Gasteiger partial charge in [0.1, 0.15) is 5.75 Å². The van der Waals surface area contributed by atoms with Crippen molar-refractivity contribution in [1.29, 1.82) is 0 Å². The van der Waals surface area contributed by atoms with Gasteiger partial charge in [-0.3, -0.25) is 0 Å². The molecule has 1 aromatic carbocycles. The molecule has 0 N–H and O–H groups in total. The molecule has 5 nitrogen and oxygen atoms in total. The number of rotatable bonds is 5. The summed E-state index contributed by atoms with van der Waals surface area (Å²) in [5, 5.41) is 3.75. The molecule has 0 bridgehead atoms. The maximum absolute atomic E-state index is 8.46. The van der Waals surface area contributed by atoms with Crippen LogP contribution in [0.2, 0.25) is 0 Å². The second-order valence-corrected chi connectivity index (χ2v) is 3.70. The molecule has 16 heavy (non-hydrogen) atoms. The van der Waals surface area contributed by atoms with Crippen LogP contribution < -0.4 is 4.74 Å². The highest BCUT2D eigenvalue weighted by molar-refractivity contribution is 5.27. The summed E-state index contributed by atoms with van der Waals surface area (Å²) >= 11 is 0. The van der Waals surface area contributed by atoms with E-state index in [0.717, 1.165) is 11.3 Å². The van der Waals surface area contributed by atoms with E-state index in [4.69, 9.17) is 15.0 Å². The molecule has 0 aliphatic carbocycles. The summed E-state index contributed by atoms with van der Waals surface area (Å²) in [6.07, 6.45) is 0.802. The molecule has 1 aliphatic heterocycles. The summed E-state index contributed by atoms with van der Waals surface area (Å²) in [5.41, 5.74) is 9.58. The first kappa shape index (κ1) is 10.8. The highest BCUT2D eigenvalue weighted by atomic mass is 16.6. The molecule has 1 aromatic rings. The molecule has 0 radical (unpaired) electrons. The van der Waals surface area contributed by atoms with Gasteiger partial charge in [0.25, 0.3) is 0 Å². The van der Waals surface area contributed by atoms with Crippen molar-refractivity contribution < 1.29 is 9.47 Å². The number of nitrogens with zero attached hydrogens (tertiary/aromatic N) is 3. The van der Waals surface area contributed by atoms with Gasteiger partial charge in [0, 0.05) is 4.91 Å². The van der Waals surface area contributed by atoms with E-state index in [1.165, 1.54) is 0 Å². The average molecular weight is 219 g/mol.